The van der Waals surface area contributed by atoms with Gasteiger partial charge in [0.1, 0.15) is 11.6 Å². The minimum Gasteiger partial charge on any atom is -0.465 e. The van der Waals surface area contributed by atoms with Crippen LogP contribution in [0, 0.1) is 11.3 Å². The van der Waals surface area contributed by atoms with E-state index >= 15 is 0 Å². The fourth-order valence-electron chi connectivity index (χ4n) is 5.48. The molecule has 0 saturated carbocycles. The number of hydrogen-bond donors (Lipinski definition) is 3. The number of methoxy groups -OCH3 is 1. The van der Waals surface area contributed by atoms with E-state index in [9.17, 15) is 14.9 Å². The Kier molecular flexibility index (Phi) is 10.2. The molecule has 1 saturated heterocycles. The number of morpholine rings is 1. The number of esters is 1. The summed E-state index contributed by atoms with van der Waals surface area (Å²) >= 11 is 3.50. The lowest BCUT2D eigenvalue weighted by Crippen LogP contribution is -2.49. The van der Waals surface area contributed by atoms with Gasteiger partial charge in [0, 0.05) is 46.0 Å². The molecule has 46 heavy (non-hydrogen) atoms. The molecule has 0 radical (unpaired) electrons. The van der Waals surface area contributed by atoms with Gasteiger partial charge in [0.15, 0.2) is 0 Å². The molecule has 1 amide bonds. The van der Waals surface area contributed by atoms with E-state index in [0.29, 0.717) is 25.3 Å². The number of aromatic nitrogens is 1. The molecule has 1 aliphatic heterocycles. The summed E-state index contributed by atoms with van der Waals surface area (Å²) in [6, 6.07) is 20.1. The van der Waals surface area contributed by atoms with Gasteiger partial charge in [-0.2, -0.15) is 5.26 Å². The molecule has 1 fully saturated rings. The molecule has 0 aliphatic carbocycles. The van der Waals surface area contributed by atoms with Crippen molar-refractivity contribution in [3.8, 4) is 17.2 Å². The largest absolute Gasteiger partial charge is 0.465 e. The molecule has 1 aliphatic rings. The van der Waals surface area contributed by atoms with E-state index < -0.39 is 29.7 Å². The van der Waals surface area contributed by atoms with Crippen molar-refractivity contribution in [2.24, 2.45) is 0 Å². The van der Waals surface area contributed by atoms with Gasteiger partial charge in [0.2, 0.25) is 0 Å². The van der Waals surface area contributed by atoms with E-state index in [1.54, 1.807) is 32.9 Å². The number of nitriles is 1. The lowest BCUT2D eigenvalue weighted by molar-refractivity contribution is 0.0501. The molecule has 240 valence electrons. The van der Waals surface area contributed by atoms with Crippen LogP contribution in [0.1, 0.15) is 36.7 Å². The molecule has 3 N–H and O–H groups in total. The number of ether oxygens (including phenoxy) is 3. The van der Waals surface area contributed by atoms with Gasteiger partial charge in [-0.1, -0.05) is 40.2 Å². The van der Waals surface area contributed by atoms with E-state index in [1.807, 2.05) is 42.6 Å². The zero-order valence-corrected chi connectivity index (χ0v) is 27.9. The second-order valence-electron chi connectivity index (χ2n) is 12.1. The second kappa shape index (κ2) is 14.3. The number of aromatic amines is 1. The minimum atomic E-state index is -0.935. The number of rotatable bonds is 9. The van der Waals surface area contributed by atoms with Crippen LogP contribution in [0.25, 0.3) is 22.0 Å². The Morgan fingerprint density at radius 3 is 2.46 bits per heavy atom. The third-order valence-corrected chi connectivity index (χ3v) is 8.22. The third-order valence-electron chi connectivity index (χ3n) is 7.73. The fraction of sp³-hybridized carbons (Fsp3) is 0.343. The third kappa shape index (κ3) is 8.00. The van der Waals surface area contributed by atoms with Gasteiger partial charge >= 0.3 is 12.1 Å². The van der Waals surface area contributed by atoms with Gasteiger partial charge in [0.25, 0.3) is 0 Å². The number of amides is 1. The van der Waals surface area contributed by atoms with Crippen molar-refractivity contribution in [3.63, 3.8) is 0 Å². The number of benzene rings is 3. The van der Waals surface area contributed by atoms with E-state index in [-0.39, 0.29) is 5.56 Å². The summed E-state index contributed by atoms with van der Waals surface area (Å²) in [6.07, 6.45) is 1.54. The first kappa shape index (κ1) is 32.9. The van der Waals surface area contributed by atoms with Gasteiger partial charge in [-0.05, 0) is 80.3 Å². The van der Waals surface area contributed by atoms with Crippen molar-refractivity contribution in [1.29, 1.82) is 5.26 Å². The Hall–Kier alpha value is -4.53. The lowest BCUT2D eigenvalue weighted by Gasteiger charge is -2.29. The Bertz CT molecular complexity index is 1740. The number of carbonyl (C=O) groups excluding carboxylic acids is 2. The van der Waals surface area contributed by atoms with E-state index in [2.05, 4.69) is 54.6 Å². The summed E-state index contributed by atoms with van der Waals surface area (Å²) < 4.78 is 17.1. The topological polar surface area (TPSA) is 129 Å². The van der Waals surface area contributed by atoms with Crippen LogP contribution in [0.2, 0.25) is 0 Å². The maximum Gasteiger partial charge on any atom is 0.407 e. The van der Waals surface area contributed by atoms with Crippen molar-refractivity contribution >= 4 is 50.3 Å². The van der Waals surface area contributed by atoms with Crippen molar-refractivity contribution in [1.82, 2.24) is 10.3 Å². The highest BCUT2D eigenvalue weighted by atomic mass is 79.9. The van der Waals surface area contributed by atoms with Crippen LogP contribution >= 0.6 is 15.9 Å². The van der Waals surface area contributed by atoms with Gasteiger partial charge < -0.3 is 34.7 Å². The molecule has 3 aromatic carbocycles. The first-order valence-electron chi connectivity index (χ1n) is 15.1. The molecule has 1 aromatic heterocycles. The Balaban J connectivity index is 1.43. The number of halogens is 1. The first-order chi connectivity index (χ1) is 22.0. The molecule has 5 rings (SSSR count). The maximum absolute atomic E-state index is 13.0. The van der Waals surface area contributed by atoms with E-state index in [1.165, 1.54) is 7.11 Å². The molecule has 10 nitrogen and oxygen atoms in total. The van der Waals surface area contributed by atoms with Crippen LogP contribution in [-0.4, -0.2) is 68.1 Å². The fourth-order valence-corrected chi connectivity index (χ4v) is 5.84. The number of hydrogen-bond acceptors (Lipinski definition) is 8. The van der Waals surface area contributed by atoms with Crippen LogP contribution in [0.15, 0.2) is 71.3 Å². The smallest absolute Gasteiger partial charge is 0.407 e. The highest BCUT2D eigenvalue weighted by Crippen LogP contribution is 2.30. The quantitative estimate of drug-likeness (QED) is 0.167. The number of carbonyl (C=O) groups is 2. The monoisotopic (exact) mass is 687 g/mol. The molecule has 2 heterocycles. The number of alkyl carbamates (subject to hydrolysis) is 1. The predicted molar refractivity (Wildman–Crippen MR) is 182 cm³/mol. The minimum absolute atomic E-state index is 0.269. The van der Waals surface area contributed by atoms with Crippen molar-refractivity contribution in [2.75, 3.05) is 43.6 Å². The Labute approximate surface area is 277 Å². The highest BCUT2D eigenvalue weighted by molar-refractivity contribution is 9.10. The number of H-pyrrole nitrogens is 1. The molecule has 2 atom stereocenters. The summed E-state index contributed by atoms with van der Waals surface area (Å²) in [5, 5.41) is 17.5. The van der Waals surface area contributed by atoms with E-state index in [4.69, 9.17) is 14.2 Å². The summed E-state index contributed by atoms with van der Waals surface area (Å²) in [4.78, 5) is 31.5. The Morgan fingerprint density at radius 2 is 1.78 bits per heavy atom. The van der Waals surface area contributed by atoms with Crippen LogP contribution in [-0.2, 0) is 20.6 Å². The summed E-state index contributed by atoms with van der Waals surface area (Å²) in [6.45, 7) is 8.42. The number of anilines is 2. The Morgan fingerprint density at radius 1 is 1.07 bits per heavy atom. The lowest BCUT2D eigenvalue weighted by atomic mass is 9.97. The standard InChI is InChI=1S/C35H38BrN5O5/c1-35(2,3)46-34(43)40-31(18-24-21-38-30-19-25(36)8-11-27(24)30)32(20-37)39-29-12-7-23(17-28(29)33(42)44-4)22-5-9-26(10-6-22)41-13-15-45-16-14-41/h5-12,17,19,21,31-32,38-39H,13-16,18H2,1-4H3,(H,40,43)/t31-,32?/m0/s1. The highest BCUT2D eigenvalue weighted by Gasteiger charge is 2.29. The maximum atomic E-state index is 13.0. The number of fused-ring (bicyclic) bond motifs is 1. The van der Waals surface area contributed by atoms with Gasteiger partial charge in [0.05, 0.1) is 38.0 Å². The van der Waals surface area contributed by atoms with Gasteiger partial charge in [-0.15, -0.1) is 0 Å². The van der Waals surface area contributed by atoms with Crippen molar-refractivity contribution in [2.45, 2.75) is 44.9 Å². The average molecular weight is 689 g/mol. The van der Waals surface area contributed by atoms with Gasteiger partial charge in [-0.25, -0.2) is 9.59 Å². The molecule has 11 heteroatoms. The van der Waals surface area contributed by atoms with Crippen LogP contribution in [0.5, 0.6) is 0 Å². The van der Waals surface area contributed by atoms with E-state index in [0.717, 1.165) is 50.8 Å². The van der Waals surface area contributed by atoms with Crippen molar-refractivity contribution in [3.05, 3.63) is 82.5 Å². The van der Waals surface area contributed by atoms with Crippen LogP contribution in [0.4, 0.5) is 16.2 Å². The summed E-state index contributed by atoms with van der Waals surface area (Å²) in [5.41, 5.74) is 4.64. The molecule has 1 unspecified atom stereocenters. The summed E-state index contributed by atoms with van der Waals surface area (Å²) in [7, 11) is 1.32. The van der Waals surface area contributed by atoms with Crippen LogP contribution in [0.3, 0.4) is 0 Å². The molecular weight excluding hydrogens is 650 g/mol. The first-order valence-corrected chi connectivity index (χ1v) is 15.9. The molecule has 4 aromatic rings. The molecular formula is C35H38BrN5O5. The predicted octanol–water partition coefficient (Wildman–Crippen LogP) is 6.66. The number of nitrogens with one attached hydrogen (secondary N) is 3. The zero-order valence-electron chi connectivity index (χ0n) is 26.4. The molecule has 0 spiro atoms. The molecule has 0 bridgehead atoms. The van der Waals surface area contributed by atoms with Crippen LogP contribution < -0.4 is 15.5 Å². The summed E-state index contributed by atoms with van der Waals surface area (Å²) in [5.74, 6) is -0.551. The zero-order chi connectivity index (χ0) is 32.8. The second-order valence-corrected chi connectivity index (χ2v) is 13.0. The average Bonchev–Trinajstić information content (AvgIpc) is 3.43. The van der Waals surface area contributed by atoms with Gasteiger partial charge in [-0.3, -0.25) is 0 Å². The van der Waals surface area contributed by atoms with Crippen molar-refractivity contribution < 1.29 is 23.8 Å². The SMILES string of the molecule is COC(=O)c1cc(-c2ccc(N3CCOCC3)cc2)ccc1NC(C#N)[C@H](Cc1c[nH]c2cc(Br)ccc12)NC(=O)OC(C)(C)C. The number of nitrogens with zero attached hydrogens (tertiary/aromatic N) is 2. The normalized spacial score (nSPS) is 14.7.